The predicted octanol–water partition coefficient (Wildman–Crippen LogP) is 3.33. The van der Waals surface area contributed by atoms with E-state index in [2.05, 4.69) is 12.2 Å². The number of ether oxygens (including phenoxy) is 2. The minimum absolute atomic E-state index is 0.0829. The van der Waals surface area contributed by atoms with E-state index in [0.29, 0.717) is 11.7 Å². The maximum absolute atomic E-state index is 12.4. The van der Waals surface area contributed by atoms with E-state index in [4.69, 9.17) is 9.47 Å². The smallest absolute Gasteiger partial charge is 0.412 e. The number of fused-ring (bicyclic) bond motifs is 1. The van der Waals surface area contributed by atoms with Crippen LogP contribution in [0, 0.1) is 11.8 Å². The van der Waals surface area contributed by atoms with Gasteiger partial charge in [0.1, 0.15) is 11.9 Å². The highest BCUT2D eigenvalue weighted by molar-refractivity contribution is 5.72. The Morgan fingerprint density at radius 2 is 2.08 bits per heavy atom. The standard InChI is InChI=1S/C18H24N2O4/c1-11-7-6-9-13-15(20(3)18(22)24-16(11)13)12-8-4-5-10-14(12)23-17(21)19-2/h4-5,8,10-11,13,15-16H,6-7,9H2,1-3H3,(H,19,21). The Balaban J connectivity index is 1.99. The zero-order valence-electron chi connectivity index (χ0n) is 14.3. The Labute approximate surface area is 142 Å². The van der Waals surface area contributed by atoms with Crippen molar-refractivity contribution >= 4 is 12.2 Å². The quantitative estimate of drug-likeness (QED) is 0.902. The van der Waals surface area contributed by atoms with Crippen LogP contribution < -0.4 is 10.1 Å². The summed E-state index contributed by atoms with van der Waals surface area (Å²) in [5.41, 5.74) is 0.851. The van der Waals surface area contributed by atoms with Crippen LogP contribution >= 0.6 is 0 Å². The average Bonchev–Trinajstić information content (AvgIpc) is 2.58. The minimum atomic E-state index is -0.517. The van der Waals surface area contributed by atoms with E-state index in [1.165, 1.54) is 7.05 Å². The van der Waals surface area contributed by atoms with Crippen molar-refractivity contribution < 1.29 is 19.1 Å². The molecule has 0 radical (unpaired) electrons. The lowest BCUT2D eigenvalue weighted by Gasteiger charge is -2.48. The number of nitrogens with zero attached hydrogens (tertiary/aromatic N) is 1. The maximum Gasteiger partial charge on any atom is 0.412 e. The second kappa shape index (κ2) is 6.71. The molecule has 24 heavy (non-hydrogen) atoms. The molecule has 0 aromatic heterocycles. The van der Waals surface area contributed by atoms with Crippen LogP contribution in [0.3, 0.4) is 0 Å². The molecule has 4 atom stereocenters. The Bertz CT molecular complexity index is 633. The van der Waals surface area contributed by atoms with Gasteiger partial charge in [-0.05, 0) is 24.8 Å². The minimum Gasteiger partial charge on any atom is -0.445 e. The Morgan fingerprint density at radius 3 is 2.83 bits per heavy atom. The van der Waals surface area contributed by atoms with E-state index in [1.54, 1.807) is 18.0 Å². The molecule has 0 spiro atoms. The molecule has 130 valence electrons. The first-order valence-corrected chi connectivity index (χ1v) is 8.45. The maximum atomic E-state index is 12.4. The molecule has 1 saturated carbocycles. The van der Waals surface area contributed by atoms with E-state index in [0.717, 1.165) is 24.8 Å². The van der Waals surface area contributed by atoms with Crippen molar-refractivity contribution in [2.24, 2.45) is 11.8 Å². The molecular weight excluding hydrogens is 308 g/mol. The highest BCUT2D eigenvalue weighted by atomic mass is 16.6. The molecule has 0 bridgehead atoms. The van der Waals surface area contributed by atoms with Crippen LogP contribution in [0.2, 0.25) is 0 Å². The first-order chi connectivity index (χ1) is 11.5. The number of hydrogen-bond acceptors (Lipinski definition) is 4. The van der Waals surface area contributed by atoms with Crippen molar-refractivity contribution in [1.29, 1.82) is 0 Å². The molecule has 1 N–H and O–H groups in total. The molecule has 1 aromatic rings. The number of rotatable bonds is 2. The number of benzene rings is 1. The van der Waals surface area contributed by atoms with Gasteiger partial charge in [0.15, 0.2) is 0 Å². The SMILES string of the molecule is CNC(=O)Oc1ccccc1C1C2CCCC(C)C2OC(=O)N1C. The van der Waals surface area contributed by atoms with Crippen molar-refractivity contribution in [2.75, 3.05) is 14.1 Å². The first-order valence-electron chi connectivity index (χ1n) is 8.45. The van der Waals surface area contributed by atoms with E-state index in [-0.39, 0.29) is 24.2 Å². The molecule has 3 rings (SSSR count). The van der Waals surface area contributed by atoms with Crippen LogP contribution in [0.15, 0.2) is 24.3 Å². The lowest BCUT2D eigenvalue weighted by Crippen LogP contribution is -2.52. The number of carbonyl (C=O) groups is 2. The summed E-state index contributed by atoms with van der Waals surface area (Å²) in [4.78, 5) is 25.6. The van der Waals surface area contributed by atoms with Crippen LogP contribution in [0.25, 0.3) is 0 Å². The predicted molar refractivity (Wildman–Crippen MR) is 88.8 cm³/mol. The van der Waals surface area contributed by atoms with Crippen LogP contribution in [-0.4, -0.2) is 37.3 Å². The summed E-state index contributed by atoms with van der Waals surface area (Å²) in [6.07, 6.45) is 2.26. The zero-order valence-corrected chi connectivity index (χ0v) is 14.3. The van der Waals surface area contributed by atoms with Gasteiger partial charge in [-0.15, -0.1) is 0 Å². The molecule has 1 aliphatic carbocycles. The van der Waals surface area contributed by atoms with E-state index in [9.17, 15) is 9.59 Å². The number of nitrogens with one attached hydrogen (secondary N) is 1. The molecule has 4 unspecified atom stereocenters. The average molecular weight is 332 g/mol. The summed E-state index contributed by atoms with van der Waals surface area (Å²) in [6.45, 7) is 2.14. The fraction of sp³-hybridized carbons (Fsp3) is 0.556. The molecule has 2 amide bonds. The van der Waals surface area contributed by atoms with Gasteiger partial charge in [-0.25, -0.2) is 9.59 Å². The highest BCUT2D eigenvalue weighted by Crippen LogP contribution is 2.47. The third kappa shape index (κ3) is 2.92. The van der Waals surface area contributed by atoms with Crippen molar-refractivity contribution in [2.45, 2.75) is 38.3 Å². The third-order valence-corrected chi connectivity index (χ3v) is 5.17. The summed E-state index contributed by atoms with van der Waals surface area (Å²) in [5, 5.41) is 2.46. The monoisotopic (exact) mass is 332 g/mol. The molecular formula is C18H24N2O4. The molecule has 1 saturated heterocycles. The van der Waals surface area contributed by atoms with Crippen molar-refractivity contribution in [1.82, 2.24) is 10.2 Å². The summed E-state index contributed by atoms with van der Waals surface area (Å²) in [6, 6.07) is 7.26. The van der Waals surface area contributed by atoms with Crippen LogP contribution in [0.1, 0.15) is 37.8 Å². The second-order valence-corrected chi connectivity index (χ2v) is 6.65. The number of para-hydroxylation sites is 1. The molecule has 1 heterocycles. The third-order valence-electron chi connectivity index (χ3n) is 5.17. The Morgan fingerprint density at radius 1 is 1.33 bits per heavy atom. The van der Waals surface area contributed by atoms with E-state index < -0.39 is 6.09 Å². The van der Waals surface area contributed by atoms with Gasteiger partial charge < -0.3 is 19.7 Å². The molecule has 1 aromatic carbocycles. The van der Waals surface area contributed by atoms with Gasteiger partial charge in [-0.1, -0.05) is 31.5 Å². The van der Waals surface area contributed by atoms with Gasteiger partial charge in [0.25, 0.3) is 0 Å². The van der Waals surface area contributed by atoms with E-state index >= 15 is 0 Å². The summed E-state index contributed by atoms with van der Waals surface area (Å²) in [7, 11) is 3.27. The van der Waals surface area contributed by atoms with Crippen LogP contribution in [0.4, 0.5) is 9.59 Å². The fourth-order valence-electron chi connectivity index (χ4n) is 3.98. The Hall–Kier alpha value is -2.24. The van der Waals surface area contributed by atoms with Crippen LogP contribution in [-0.2, 0) is 4.74 Å². The largest absolute Gasteiger partial charge is 0.445 e. The normalized spacial score (nSPS) is 29.5. The van der Waals surface area contributed by atoms with Gasteiger partial charge in [0.2, 0.25) is 0 Å². The lowest BCUT2D eigenvalue weighted by molar-refractivity contribution is -0.0776. The van der Waals surface area contributed by atoms with Crippen molar-refractivity contribution in [3.63, 3.8) is 0 Å². The number of carbonyl (C=O) groups excluding carboxylic acids is 2. The molecule has 1 aliphatic heterocycles. The van der Waals surface area contributed by atoms with Gasteiger partial charge >= 0.3 is 12.2 Å². The van der Waals surface area contributed by atoms with Gasteiger partial charge in [0, 0.05) is 25.6 Å². The lowest BCUT2D eigenvalue weighted by atomic mass is 9.73. The van der Waals surface area contributed by atoms with Crippen molar-refractivity contribution in [3.05, 3.63) is 29.8 Å². The molecule has 6 nitrogen and oxygen atoms in total. The van der Waals surface area contributed by atoms with Gasteiger partial charge in [-0.3, -0.25) is 0 Å². The number of amides is 2. The first kappa shape index (κ1) is 16.6. The van der Waals surface area contributed by atoms with Crippen molar-refractivity contribution in [3.8, 4) is 5.75 Å². The molecule has 2 aliphatic rings. The number of hydrogen-bond donors (Lipinski definition) is 1. The summed E-state index contributed by atoms with van der Waals surface area (Å²) < 4.78 is 11.1. The molecule has 2 fully saturated rings. The summed E-state index contributed by atoms with van der Waals surface area (Å²) >= 11 is 0. The highest BCUT2D eigenvalue weighted by Gasteiger charge is 2.47. The topological polar surface area (TPSA) is 67.9 Å². The second-order valence-electron chi connectivity index (χ2n) is 6.65. The van der Waals surface area contributed by atoms with E-state index in [1.807, 2.05) is 18.2 Å². The van der Waals surface area contributed by atoms with Gasteiger partial charge in [0.05, 0.1) is 6.04 Å². The van der Waals surface area contributed by atoms with Crippen LogP contribution in [0.5, 0.6) is 5.75 Å². The van der Waals surface area contributed by atoms with Gasteiger partial charge in [-0.2, -0.15) is 0 Å². The summed E-state index contributed by atoms with van der Waals surface area (Å²) in [5.74, 6) is 1.03. The fourth-order valence-corrected chi connectivity index (χ4v) is 3.98. The zero-order chi connectivity index (χ0) is 17.3. The molecule has 6 heteroatoms. The Kier molecular flexibility index (Phi) is 4.64.